The van der Waals surface area contributed by atoms with Gasteiger partial charge in [0.25, 0.3) is 11.8 Å². The van der Waals surface area contributed by atoms with E-state index in [1.807, 2.05) is 0 Å². The van der Waals surface area contributed by atoms with E-state index < -0.39 is 48.2 Å². The Kier molecular flexibility index (Phi) is 8.14. The number of hydrogen-bond acceptors (Lipinski definition) is 5. The zero-order valence-corrected chi connectivity index (χ0v) is 17.5. The molecule has 0 spiro atoms. The van der Waals surface area contributed by atoms with Crippen LogP contribution in [0.25, 0.3) is 0 Å². The fourth-order valence-corrected chi connectivity index (χ4v) is 2.87. The maximum atomic E-state index is 13.7. The minimum absolute atomic E-state index is 0.0158. The number of anilines is 1. The van der Waals surface area contributed by atoms with Crippen LogP contribution in [0.2, 0.25) is 5.02 Å². The van der Waals surface area contributed by atoms with Crippen LogP contribution in [0.4, 0.5) is 14.5 Å². The van der Waals surface area contributed by atoms with E-state index in [9.17, 15) is 23.2 Å². The number of nitrogens with zero attached hydrogens (tertiary/aromatic N) is 1. The molecule has 0 aliphatic heterocycles. The fourth-order valence-electron chi connectivity index (χ4n) is 2.61. The number of ether oxygens (including phenoxy) is 2. The van der Waals surface area contributed by atoms with Crippen LogP contribution < -0.4 is 20.5 Å². The molecule has 31 heavy (non-hydrogen) atoms. The molecule has 0 saturated carbocycles. The van der Waals surface area contributed by atoms with Crippen molar-refractivity contribution in [2.45, 2.75) is 6.92 Å². The van der Waals surface area contributed by atoms with Crippen LogP contribution in [-0.4, -0.2) is 49.4 Å². The summed E-state index contributed by atoms with van der Waals surface area (Å²) in [6.07, 6.45) is 0. The minimum Gasteiger partial charge on any atom is -0.493 e. The van der Waals surface area contributed by atoms with Gasteiger partial charge < -0.3 is 25.4 Å². The molecule has 2 aromatic rings. The molecule has 3 N–H and O–H groups in total. The van der Waals surface area contributed by atoms with Crippen LogP contribution in [-0.2, 0) is 9.59 Å². The van der Waals surface area contributed by atoms with E-state index in [1.165, 1.54) is 19.2 Å². The van der Waals surface area contributed by atoms with Crippen LogP contribution in [0.15, 0.2) is 30.3 Å². The molecule has 8 nitrogen and oxygen atoms in total. The topological polar surface area (TPSA) is 111 Å². The van der Waals surface area contributed by atoms with Crippen LogP contribution in [0, 0.1) is 11.6 Å². The smallest absolute Gasteiger partial charge is 0.255 e. The monoisotopic (exact) mass is 455 g/mol. The number of rotatable bonds is 9. The quantitative estimate of drug-likeness (QED) is 0.603. The van der Waals surface area contributed by atoms with E-state index in [4.69, 9.17) is 26.8 Å². The summed E-state index contributed by atoms with van der Waals surface area (Å²) in [6, 6.07) is 5.76. The van der Waals surface area contributed by atoms with Crippen LogP contribution in [0.3, 0.4) is 0 Å². The number of likely N-dealkylation sites (N-methyl/N-ethyl adjacent to an activating group) is 1. The molecule has 0 aliphatic carbocycles. The molecule has 0 saturated heterocycles. The summed E-state index contributed by atoms with van der Waals surface area (Å²) in [4.78, 5) is 37.2. The highest BCUT2D eigenvalue weighted by molar-refractivity contribution is 6.32. The summed E-state index contributed by atoms with van der Waals surface area (Å²) in [5.74, 6) is -3.89. The number of carbonyl (C=O) groups excluding carboxylic acids is 3. The Balaban J connectivity index is 2.20. The van der Waals surface area contributed by atoms with E-state index in [2.05, 4.69) is 5.32 Å². The summed E-state index contributed by atoms with van der Waals surface area (Å²) in [6.45, 7) is 0.824. The van der Waals surface area contributed by atoms with Crippen LogP contribution in [0.5, 0.6) is 11.5 Å². The molecule has 0 heterocycles. The molecule has 0 atom stereocenters. The molecular formula is C20H20ClF2N3O5. The van der Waals surface area contributed by atoms with Crippen LogP contribution in [0.1, 0.15) is 17.3 Å². The van der Waals surface area contributed by atoms with Gasteiger partial charge in [0.2, 0.25) is 5.91 Å². The highest BCUT2D eigenvalue weighted by atomic mass is 35.5. The van der Waals surface area contributed by atoms with Crippen molar-refractivity contribution < 1.29 is 32.6 Å². The van der Waals surface area contributed by atoms with Crippen molar-refractivity contribution in [1.29, 1.82) is 0 Å². The maximum Gasteiger partial charge on any atom is 0.255 e. The van der Waals surface area contributed by atoms with Gasteiger partial charge >= 0.3 is 0 Å². The minimum atomic E-state index is -0.939. The first kappa shape index (κ1) is 23.9. The molecule has 0 radical (unpaired) electrons. The second kappa shape index (κ2) is 10.6. The second-order valence-corrected chi connectivity index (χ2v) is 6.62. The Morgan fingerprint density at radius 3 is 2.39 bits per heavy atom. The third-order valence-corrected chi connectivity index (χ3v) is 4.35. The number of nitrogens with one attached hydrogen (secondary N) is 1. The van der Waals surface area contributed by atoms with Crippen molar-refractivity contribution in [3.8, 4) is 11.5 Å². The zero-order valence-electron chi connectivity index (χ0n) is 16.7. The van der Waals surface area contributed by atoms with E-state index in [1.54, 1.807) is 6.92 Å². The molecule has 166 valence electrons. The largest absolute Gasteiger partial charge is 0.493 e. The third kappa shape index (κ3) is 6.05. The second-order valence-electron chi connectivity index (χ2n) is 6.21. The highest BCUT2D eigenvalue weighted by Crippen LogP contribution is 2.36. The number of para-hydroxylation sites is 1. The van der Waals surface area contributed by atoms with Gasteiger partial charge in [-0.3, -0.25) is 14.4 Å². The molecular weight excluding hydrogens is 436 g/mol. The van der Waals surface area contributed by atoms with Gasteiger partial charge in [-0.1, -0.05) is 17.7 Å². The van der Waals surface area contributed by atoms with Gasteiger partial charge in [-0.15, -0.1) is 0 Å². The third-order valence-electron chi connectivity index (χ3n) is 4.07. The fraction of sp³-hybridized carbons (Fsp3) is 0.250. The number of primary amides is 1. The highest BCUT2D eigenvalue weighted by Gasteiger charge is 2.22. The first-order valence-electron chi connectivity index (χ1n) is 8.99. The standard InChI is InChI=1S/C20H20ClF2N3O5/c1-3-26(9-17(28)25-18-13(22)5-4-6-14(18)23)20(29)11-7-12(21)19(15(8-11)30-2)31-10-16(24)27/h4-8H,3,9-10H2,1-2H3,(H2,24,27)(H,25,28). The number of benzene rings is 2. The van der Waals surface area contributed by atoms with Gasteiger partial charge in [0.05, 0.1) is 12.1 Å². The van der Waals surface area contributed by atoms with Gasteiger partial charge in [-0.25, -0.2) is 8.78 Å². The molecule has 2 rings (SSSR count). The molecule has 0 aliphatic rings. The number of nitrogens with two attached hydrogens (primary N) is 1. The van der Waals surface area contributed by atoms with Gasteiger partial charge in [0.15, 0.2) is 18.1 Å². The van der Waals surface area contributed by atoms with Crippen molar-refractivity contribution in [3.63, 3.8) is 0 Å². The molecule has 3 amide bonds. The molecule has 0 fully saturated rings. The lowest BCUT2D eigenvalue weighted by atomic mass is 10.1. The summed E-state index contributed by atoms with van der Waals surface area (Å²) < 4.78 is 37.8. The van der Waals surface area contributed by atoms with Gasteiger partial charge in [-0.05, 0) is 31.2 Å². The normalized spacial score (nSPS) is 10.4. The number of carbonyl (C=O) groups is 3. The predicted octanol–water partition coefficient (Wildman–Crippen LogP) is 2.59. The number of halogens is 3. The SMILES string of the molecule is CCN(CC(=O)Nc1c(F)cccc1F)C(=O)c1cc(Cl)c(OCC(N)=O)c(OC)c1. The van der Waals surface area contributed by atoms with Gasteiger partial charge in [0, 0.05) is 12.1 Å². The Morgan fingerprint density at radius 1 is 1.19 bits per heavy atom. The van der Waals surface area contributed by atoms with Gasteiger partial charge in [-0.2, -0.15) is 0 Å². The first-order valence-corrected chi connectivity index (χ1v) is 9.37. The summed E-state index contributed by atoms with van der Waals surface area (Å²) >= 11 is 6.15. The lowest BCUT2D eigenvalue weighted by molar-refractivity contribution is -0.120. The van der Waals surface area contributed by atoms with E-state index in [0.29, 0.717) is 0 Å². The average Bonchev–Trinajstić information content (AvgIpc) is 2.72. The Hall–Kier alpha value is -3.40. The first-order chi connectivity index (χ1) is 14.7. The number of hydrogen-bond donors (Lipinski definition) is 2. The lowest BCUT2D eigenvalue weighted by Crippen LogP contribution is -2.38. The van der Waals surface area contributed by atoms with Crippen molar-refractivity contribution in [2.75, 3.05) is 32.1 Å². The summed E-state index contributed by atoms with van der Waals surface area (Å²) in [7, 11) is 1.31. The number of amides is 3. The van der Waals surface area contributed by atoms with E-state index >= 15 is 0 Å². The number of methoxy groups -OCH3 is 1. The molecule has 0 aromatic heterocycles. The van der Waals surface area contributed by atoms with Crippen molar-refractivity contribution >= 4 is 35.0 Å². The van der Waals surface area contributed by atoms with Crippen molar-refractivity contribution in [1.82, 2.24) is 4.90 Å². The molecule has 0 unspecified atom stereocenters. The van der Waals surface area contributed by atoms with Crippen molar-refractivity contribution in [3.05, 3.63) is 52.6 Å². The average molecular weight is 456 g/mol. The summed E-state index contributed by atoms with van der Waals surface area (Å²) in [5, 5.41) is 2.11. The van der Waals surface area contributed by atoms with Gasteiger partial charge in [0.1, 0.15) is 23.9 Å². The van der Waals surface area contributed by atoms with Crippen LogP contribution >= 0.6 is 11.6 Å². The zero-order chi connectivity index (χ0) is 23.1. The summed E-state index contributed by atoms with van der Waals surface area (Å²) in [5.41, 5.74) is 4.51. The van der Waals surface area contributed by atoms with E-state index in [-0.39, 0.29) is 28.6 Å². The lowest BCUT2D eigenvalue weighted by Gasteiger charge is -2.21. The molecule has 11 heteroatoms. The maximum absolute atomic E-state index is 13.7. The Bertz CT molecular complexity index is 983. The predicted molar refractivity (Wildman–Crippen MR) is 109 cm³/mol. The molecule has 0 bridgehead atoms. The molecule has 2 aromatic carbocycles. The van der Waals surface area contributed by atoms with E-state index in [0.717, 1.165) is 23.1 Å². The van der Waals surface area contributed by atoms with Crippen molar-refractivity contribution in [2.24, 2.45) is 5.73 Å². The Labute approximate surface area is 181 Å². The Morgan fingerprint density at radius 2 is 1.84 bits per heavy atom.